The van der Waals surface area contributed by atoms with Crippen molar-refractivity contribution < 1.29 is 9.18 Å². The number of amides is 1. The fourth-order valence-corrected chi connectivity index (χ4v) is 2.04. The van der Waals surface area contributed by atoms with Crippen LogP contribution in [0.1, 0.15) is 37.4 Å². The van der Waals surface area contributed by atoms with Crippen LogP contribution in [0.15, 0.2) is 12.1 Å². The first kappa shape index (κ1) is 12.0. The summed E-state index contributed by atoms with van der Waals surface area (Å²) in [6, 6.07) is 2.86. The third-order valence-corrected chi connectivity index (χ3v) is 3.20. The Labute approximate surface area is 100 Å². The number of anilines is 1. The van der Waals surface area contributed by atoms with Gasteiger partial charge in [-0.15, -0.1) is 0 Å². The standard InChI is InChI=1S/C13H17FN2O/c1-7(2)13(15)9-5-8-3-4-12(17)16-11(8)6-10(9)14/h5-7,13H,3-4,15H2,1-2H3,(H,16,17). The number of fused-ring (bicyclic) bond motifs is 1. The molecule has 0 fully saturated rings. The average Bonchev–Trinajstić information content (AvgIpc) is 2.27. The normalized spacial score (nSPS) is 16.6. The highest BCUT2D eigenvalue weighted by Crippen LogP contribution is 2.30. The Bertz CT molecular complexity index is 457. The van der Waals surface area contributed by atoms with Crippen LogP contribution >= 0.6 is 0 Å². The minimum absolute atomic E-state index is 0.0576. The first-order chi connectivity index (χ1) is 7.99. The number of nitrogens with one attached hydrogen (secondary N) is 1. The third-order valence-electron chi connectivity index (χ3n) is 3.20. The van der Waals surface area contributed by atoms with Gasteiger partial charge in [-0.05, 0) is 30.0 Å². The first-order valence-corrected chi connectivity index (χ1v) is 5.86. The molecular weight excluding hydrogens is 219 g/mol. The molecular formula is C13H17FN2O. The molecule has 3 N–H and O–H groups in total. The highest BCUT2D eigenvalue weighted by Gasteiger charge is 2.21. The summed E-state index contributed by atoms with van der Waals surface area (Å²) in [4.78, 5) is 11.2. The first-order valence-electron chi connectivity index (χ1n) is 5.86. The molecule has 0 radical (unpaired) electrons. The van der Waals surface area contributed by atoms with E-state index in [9.17, 15) is 9.18 Å². The SMILES string of the molecule is CC(C)C(N)c1cc2c(cc1F)NC(=O)CC2. The fraction of sp³-hybridized carbons (Fsp3) is 0.462. The number of nitrogens with two attached hydrogens (primary N) is 1. The van der Waals surface area contributed by atoms with E-state index in [-0.39, 0.29) is 23.7 Å². The second-order valence-corrected chi connectivity index (χ2v) is 4.85. The topological polar surface area (TPSA) is 55.1 Å². The lowest BCUT2D eigenvalue weighted by Gasteiger charge is -2.22. The minimum atomic E-state index is -0.341. The van der Waals surface area contributed by atoms with Crippen LogP contribution in [0, 0.1) is 11.7 Å². The van der Waals surface area contributed by atoms with E-state index in [4.69, 9.17) is 5.73 Å². The van der Waals surface area contributed by atoms with Crippen LogP contribution in [0.4, 0.5) is 10.1 Å². The van der Waals surface area contributed by atoms with E-state index >= 15 is 0 Å². The van der Waals surface area contributed by atoms with Crippen molar-refractivity contribution in [2.75, 3.05) is 5.32 Å². The minimum Gasteiger partial charge on any atom is -0.326 e. The maximum atomic E-state index is 13.9. The second kappa shape index (κ2) is 4.45. The smallest absolute Gasteiger partial charge is 0.224 e. The Morgan fingerprint density at radius 3 is 2.71 bits per heavy atom. The summed E-state index contributed by atoms with van der Waals surface area (Å²) < 4.78 is 13.9. The van der Waals surface area contributed by atoms with Gasteiger partial charge in [0.25, 0.3) is 0 Å². The van der Waals surface area contributed by atoms with E-state index in [1.165, 1.54) is 6.07 Å². The molecule has 1 amide bonds. The summed E-state index contributed by atoms with van der Waals surface area (Å²) in [5.41, 5.74) is 8.06. The van der Waals surface area contributed by atoms with Crippen LogP contribution in [0.25, 0.3) is 0 Å². The maximum absolute atomic E-state index is 13.9. The van der Waals surface area contributed by atoms with Crippen LogP contribution < -0.4 is 11.1 Å². The summed E-state index contributed by atoms with van der Waals surface area (Å²) in [5, 5.41) is 2.68. The fourth-order valence-electron chi connectivity index (χ4n) is 2.04. The molecule has 0 bridgehead atoms. The van der Waals surface area contributed by atoms with E-state index in [2.05, 4.69) is 5.32 Å². The van der Waals surface area contributed by atoms with E-state index in [1.54, 1.807) is 6.07 Å². The summed E-state index contributed by atoms with van der Waals surface area (Å²) in [6.07, 6.45) is 1.11. The van der Waals surface area contributed by atoms with Crippen LogP contribution in [0.3, 0.4) is 0 Å². The highest BCUT2D eigenvalue weighted by molar-refractivity contribution is 5.93. The maximum Gasteiger partial charge on any atom is 0.224 e. The number of carbonyl (C=O) groups excluding carboxylic acids is 1. The van der Waals surface area contributed by atoms with Gasteiger partial charge in [-0.3, -0.25) is 4.79 Å². The Morgan fingerprint density at radius 1 is 1.35 bits per heavy atom. The van der Waals surface area contributed by atoms with Gasteiger partial charge < -0.3 is 11.1 Å². The van der Waals surface area contributed by atoms with E-state index in [0.717, 1.165) is 5.56 Å². The number of benzene rings is 1. The molecule has 1 aromatic carbocycles. The molecule has 0 aliphatic carbocycles. The number of hydrogen-bond acceptors (Lipinski definition) is 2. The largest absolute Gasteiger partial charge is 0.326 e. The number of aryl methyl sites for hydroxylation is 1. The molecule has 3 nitrogen and oxygen atoms in total. The summed E-state index contributed by atoms with van der Waals surface area (Å²) in [6.45, 7) is 3.93. The zero-order valence-electron chi connectivity index (χ0n) is 10.1. The lowest BCUT2D eigenvalue weighted by Crippen LogP contribution is -2.22. The van der Waals surface area contributed by atoms with Gasteiger partial charge in [-0.25, -0.2) is 4.39 Å². The molecule has 0 spiro atoms. The summed E-state index contributed by atoms with van der Waals surface area (Å²) >= 11 is 0. The highest BCUT2D eigenvalue weighted by atomic mass is 19.1. The molecule has 0 aromatic heterocycles. The van der Waals surface area contributed by atoms with Crippen molar-refractivity contribution in [2.45, 2.75) is 32.7 Å². The van der Waals surface area contributed by atoms with Gasteiger partial charge in [-0.1, -0.05) is 13.8 Å². The van der Waals surface area contributed by atoms with E-state index in [1.807, 2.05) is 13.8 Å². The average molecular weight is 236 g/mol. The Morgan fingerprint density at radius 2 is 2.06 bits per heavy atom. The Kier molecular flexibility index (Phi) is 3.15. The van der Waals surface area contributed by atoms with Crippen molar-refractivity contribution in [3.05, 3.63) is 29.1 Å². The van der Waals surface area contributed by atoms with E-state index in [0.29, 0.717) is 24.1 Å². The summed E-state index contributed by atoms with van der Waals surface area (Å²) in [7, 11) is 0. The van der Waals surface area contributed by atoms with Crippen LogP contribution in [-0.4, -0.2) is 5.91 Å². The van der Waals surface area contributed by atoms with Crippen molar-refractivity contribution in [2.24, 2.45) is 11.7 Å². The molecule has 17 heavy (non-hydrogen) atoms. The number of carbonyl (C=O) groups is 1. The summed E-state index contributed by atoms with van der Waals surface area (Å²) in [5.74, 6) is -0.217. The van der Waals surface area contributed by atoms with Gasteiger partial charge in [0.05, 0.1) is 0 Å². The van der Waals surface area contributed by atoms with Crippen LogP contribution in [0.5, 0.6) is 0 Å². The van der Waals surface area contributed by atoms with Gasteiger partial charge in [0, 0.05) is 23.7 Å². The van der Waals surface area contributed by atoms with Gasteiger partial charge in [0.15, 0.2) is 0 Å². The molecule has 1 aliphatic heterocycles. The molecule has 92 valence electrons. The van der Waals surface area contributed by atoms with Crippen molar-refractivity contribution >= 4 is 11.6 Å². The molecule has 1 aromatic rings. The van der Waals surface area contributed by atoms with Gasteiger partial charge in [0.1, 0.15) is 5.82 Å². The molecule has 2 rings (SSSR count). The van der Waals surface area contributed by atoms with E-state index < -0.39 is 0 Å². The zero-order chi connectivity index (χ0) is 12.6. The molecule has 4 heteroatoms. The van der Waals surface area contributed by atoms with Crippen molar-refractivity contribution in [1.82, 2.24) is 0 Å². The van der Waals surface area contributed by atoms with Crippen molar-refractivity contribution in [1.29, 1.82) is 0 Å². The third kappa shape index (κ3) is 2.31. The van der Waals surface area contributed by atoms with Gasteiger partial charge >= 0.3 is 0 Å². The number of halogens is 1. The Balaban J connectivity index is 2.41. The predicted octanol–water partition coefficient (Wildman–Crippen LogP) is 2.37. The monoisotopic (exact) mass is 236 g/mol. The van der Waals surface area contributed by atoms with Gasteiger partial charge in [0.2, 0.25) is 5.91 Å². The lowest BCUT2D eigenvalue weighted by atomic mass is 9.92. The molecule has 0 saturated heterocycles. The predicted molar refractivity (Wildman–Crippen MR) is 65.1 cm³/mol. The Hall–Kier alpha value is -1.42. The zero-order valence-corrected chi connectivity index (χ0v) is 10.1. The molecule has 1 aliphatic rings. The molecule has 1 heterocycles. The van der Waals surface area contributed by atoms with Crippen molar-refractivity contribution in [3.8, 4) is 0 Å². The molecule has 1 unspecified atom stereocenters. The quantitative estimate of drug-likeness (QED) is 0.828. The van der Waals surface area contributed by atoms with Crippen LogP contribution in [-0.2, 0) is 11.2 Å². The molecule has 0 saturated carbocycles. The number of rotatable bonds is 2. The van der Waals surface area contributed by atoms with Crippen molar-refractivity contribution in [3.63, 3.8) is 0 Å². The molecule has 1 atom stereocenters. The van der Waals surface area contributed by atoms with Crippen LogP contribution in [0.2, 0.25) is 0 Å². The number of hydrogen-bond donors (Lipinski definition) is 2. The van der Waals surface area contributed by atoms with Gasteiger partial charge in [-0.2, -0.15) is 0 Å². The lowest BCUT2D eigenvalue weighted by molar-refractivity contribution is -0.116. The second-order valence-electron chi connectivity index (χ2n) is 4.85.